The Hall–Kier alpha value is -1.10. The molecule has 4 nitrogen and oxygen atoms in total. The van der Waals surface area contributed by atoms with E-state index in [1.165, 1.54) is 11.3 Å². The van der Waals surface area contributed by atoms with E-state index in [-0.39, 0.29) is 6.42 Å². The molecule has 0 unspecified atom stereocenters. The number of anilines is 1. The van der Waals surface area contributed by atoms with Crippen molar-refractivity contribution in [2.45, 2.75) is 32.7 Å². The quantitative estimate of drug-likeness (QED) is 0.779. The number of nitrogens with one attached hydrogen (secondary N) is 1. The second-order valence-electron chi connectivity index (χ2n) is 3.15. The lowest BCUT2D eigenvalue weighted by Crippen LogP contribution is -2.24. The number of hydrogen-bond acceptors (Lipinski definition) is 5. The van der Waals surface area contributed by atoms with Gasteiger partial charge in [0.15, 0.2) is 5.13 Å². The van der Waals surface area contributed by atoms with Crippen LogP contribution in [0.5, 0.6) is 0 Å². The van der Waals surface area contributed by atoms with Crippen LogP contribution in [-0.4, -0.2) is 17.0 Å². The fourth-order valence-electron chi connectivity index (χ4n) is 0.915. The molecule has 0 aliphatic carbocycles. The summed E-state index contributed by atoms with van der Waals surface area (Å²) in [6.07, 6.45) is 0.897. The zero-order chi connectivity index (χ0) is 10.6. The van der Waals surface area contributed by atoms with Crippen molar-refractivity contribution in [3.8, 4) is 0 Å². The average molecular weight is 213 g/mol. The minimum Gasteiger partial charge on any atom is -0.550 e. The lowest BCUT2D eigenvalue weighted by Gasteiger charge is -2.08. The second-order valence-corrected chi connectivity index (χ2v) is 4.00. The van der Waals surface area contributed by atoms with Gasteiger partial charge in [-0.2, -0.15) is 0 Å². The van der Waals surface area contributed by atoms with Gasteiger partial charge in [0.25, 0.3) is 0 Å². The van der Waals surface area contributed by atoms with Gasteiger partial charge in [0.2, 0.25) is 0 Å². The molecule has 0 saturated carbocycles. The van der Waals surface area contributed by atoms with Gasteiger partial charge in [-0.3, -0.25) is 0 Å². The number of aromatic nitrogens is 1. The van der Waals surface area contributed by atoms with Gasteiger partial charge in [-0.05, 0) is 13.3 Å². The molecule has 1 aromatic rings. The van der Waals surface area contributed by atoms with Crippen molar-refractivity contribution in [3.05, 3.63) is 11.1 Å². The molecular formula is C9H13N2O2S-. The highest BCUT2D eigenvalue weighted by Gasteiger charge is 2.04. The first kappa shape index (κ1) is 11.0. The summed E-state index contributed by atoms with van der Waals surface area (Å²) < 4.78 is 0. The fraction of sp³-hybridized carbons (Fsp3) is 0.556. The molecule has 78 valence electrons. The van der Waals surface area contributed by atoms with Crippen molar-refractivity contribution >= 4 is 22.4 Å². The van der Waals surface area contributed by atoms with Gasteiger partial charge in [-0.15, -0.1) is 11.3 Å². The summed E-state index contributed by atoms with van der Waals surface area (Å²) in [5.74, 6) is -1.09. The first-order valence-corrected chi connectivity index (χ1v) is 5.40. The van der Waals surface area contributed by atoms with Gasteiger partial charge in [0.1, 0.15) is 0 Å². The van der Waals surface area contributed by atoms with Gasteiger partial charge >= 0.3 is 0 Å². The predicted octanol–water partition coefficient (Wildman–Crippen LogP) is 0.646. The molecule has 1 heterocycles. The van der Waals surface area contributed by atoms with Crippen LogP contribution in [0.3, 0.4) is 0 Å². The smallest absolute Gasteiger partial charge is 0.183 e. The Kier molecular flexibility index (Phi) is 3.88. The van der Waals surface area contributed by atoms with Gasteiger partial charge < -0.3 is 15.2 Å². The maximum atomic E-state index is 10.3. The van der Waals surface area contributed by atoms with Crippen molar-refractivity contribution in [2.24, 2.45) is 0 Å². The molecule has 0 amide bonds. The van der Waals surface area contributed by atoms with Gasteiger partial charge in [-0.1, -0.05) is 6.92 Å². The predicted molar refractivity (Wildman–Crippen MR) is 54.2 cm³/mol. The molecule has 1 N–H and O–H groups in total. The molecule has 5 heteroatoms. The van der Waals surface area contributed by atoms with Crippen LogP contribution in [0.4, 0.5) is 5.13 Å². The number of hydrogen-bond donors (Lipinski definition) is 1. The Balaban J connectivity index is 2.54. The highest BCUT2D eigenvalue weighted by Crippen LogP contribution is 2.17. The zero-order valence-electron chi connectivity index (χ0n) is 8.24. The number of nitrogens with zero attached hydrogens (tertiary/aromatic N) is 1. The first-order valence-electron chi connectivity index (χ1n) is 4.52. The number of carbonyl (C=O) groups excluding carboxylic acids is 1. The topological polar surface area (TPSA) is 65.0 Å². The third-order valence-corrected chi connectivity index (χ3v) is 2.68. The van der Waals surface area contributed by atoms with Crippen molar-refractivity contribution < 1.29 is 9.90 Å². The lowest BCUT2D eigenvalue weighted by molar-refractivity contribution is -0.304. The highest BCUT2D eigenvalue weighted by molar-refractivity contribution is 7.13. The van der Waals surface area contributed by atoms with E-state index < -0.39 is 5.97 Å². The SMILES string of the molecule is CC[C@@H](C)Nc1nc(CC(=O)[O-])cs1. The van der Waals surface area contributed by atoms with Crippen molar-refractivity contribution in [2.75, 3.05) is 5.32 Å². The van der Waals surface area contributed by atoms with Crippen LogP contribution < -0.4 is 10.4 Å². The Labute approximate surface area is 87.0 Å². The van der Waals surface area contributed by atoms with Crippen molar-refractivity contribution in [3.63, 3.8) is 0 Å². The van der Waals surface area contributed by atoms with Crippen LogP contribution in [0, 0.1) is 0 Å². The van der Waals surface area contributed by atoms with E-state index in [1.807, 2.05) is 0 Å². The van der Waals surface area contributed by atoms with Crippen LogP contribution in [0.25, 0.3) is 0 Å². The van der Waals surface area contributed by atoms with E-state index in [4.69, 9.17) is 0 Å². The Bertz CT molecular complexity index is 312. The molecule has 0 aliphatic rings. The summed E-state index contributed by atoms with van der Waals surface area (Å²) >= 11 is 1.42. The van der Waals surface area contributed by atoms with Gasteiger partial charge in [0, 0.05) is 23.8 Å². The average Bonchev–Trinajstić information content (AvgIpc) is 2.51. The van der Waals surface area contributed by atoms with Crippen LogP contribution in [0.1, 0.15) is 26.0 Å². The summed E-state index contributed by atoms with van der Waals surface area (Å²) in [6.45, 7) is 4.13. The summed E-state index contributed by atoms with van der Waals surface area (Å²) in [7, 11) is 0. The standard InChI is InChI=1S/C9H14N2O2S/c1-3-6(2)10-9-11-7(5-14-9)4-8(12)13/h5-6H,3-4H2,1-2H3,(H,10,11)(H,12,13)/p-1/t6-/m1/s1. The Morgan fingerprint density at radius 3 is 3.07 bits per heavy atom. The minimum absolute atomic E-state index is 0.112. The molecule has 1 rings (SSSR count). The fourth-order valence-corrected chi connectivity index (χ4v) is 1.74. The maximum absolute atomic E-state index is 10.3. The molecule has 0 fully saturated rings. The molecule has 0 aromatic carbocycles. The van der Waals surface area contributed by atoms with Gasteiger partial charge in [-0.25, -0.2) is 4.98 Å². The molecule has 0 bridgehead atoms. The Morgan fingerprint density at radius 2 is 2.50 bits per heavy atom. The highest BCUT2D eigenvalue weighted by atomic mass is 32.1. The van der Waals surface area contributed by atoms with Crippen LogP contribution >= 0.6 is 11.3 Å². The van der Waals surface area contributed by atoms with Crippen LogP contribution in [0.2, 0.25) is 0 Å². The largest absolute Gasteiger partial charge is 0.550 e. The summed E-state index contributed by atoms with van der Waals surface area (Å²) in [5.41, 5.74) is 0.556. The summed E-state index contributed by atoms with van der Waals surface area (Å²) in [5, 5.41) is 16.0. The molecule has 0 aliphatic heterocycles. The third-order valence-electron chi connectivity index (χ3n) is 1.86. The third kappa shape index (κ3) is 3.33. The number of carboxylic acid groups (broad SMARTS) is 1. The first-order chi connectivity index (χ1) is 6.61. The number of carbonyl (C=O) groups is 1. The zero-order valence-corrected chi connectivity index (χ0v) is 9.06. The molecule has 1 aromatic heterocycles. The maximum Gasteiger partial charge on any atom is 0.183 e. The molecule has 1 atom stereocenters. The Morgan fingerprint density at radius 1 is 1.79 bits per heavy atom. The number of aliphatic carboxylic acids is 1. The molecule has 0 radical (unpaired) electrons. The van der Waals surface area contributed by atoms with E-state index in [0.29, 0.717) is 11.7 Å². The summed E-state index contributed by atoms with van der Waals surface area (Å²) in [4.78, 5) is 14.4. The van der Waals surface area contributed by atoms with Crippen molar-refractivity contribution in [1.29, 1.82) is 0 Å². The van der Waals surface area contributed by atoms with Crippen molar-refractivity contribution in [1.82, 2.24) is 4.98 Å². The molecule has 0 saturated heterocycles. The minimum atomic E-state index is -1.09. The van der Waals surface area contributed by atoms with E-state index in [1.54, 1.807) is 5.38 Å². The lowest BCUT2D eigenvalue weighted by atomic mass is 10.3. The molecule has 0 spiro atoms. The van der Waals surface area contributed by atoms with Crippen LogP contribution in [-0.2, 0) is 11.2 Å². The van der Waals surface area contributed by atoms with E-state index >= 15 is 0 Å². The normalized spacial score (nSPS) is 12.4. The number of carboxylic acids is 1. The molecular weight excluding hydrogens is 200 g/mol. The number of thiazole rings is 1. The monoisotopic (exact) mass is 213 g/mol. The molecule has 14 heavy (non-hydrogen) atoms. The second kappa shape index (κ2) is 4.95. The van der Waals surface area contributed by atoms with E-state index in [9.17, 15) is 9.90 Å². The van der Waals surface area contributed by atoms with Gasteiger partial charge in [0.05, 0.1) is 5.69 Å². The summed E-state index contributed by atoms with van der Waals surface area (Å²) in [6, 6.07) is 0.358. The van der Waals surface area contributed by atoms with Crippen LogP contribution in [0.15, 0.2) is 5.38 Å². The van der Waals surface area contributed by atoms with E-state index in [2.05, 4.69) is 24.1 Å². The van der Waals surface area contributed by atoms with E-state index in [0.717, 1.165) is 11.6 Å². The number of rotatable bonds is 5.